The molecule has 0 saturated carbocycles. The van der Waals surface area contributed by atoms with Crippen LogP contribution in [0.5, 0.6) is 5.75 Å². The van der Waals surface area contributed by atoms with Crippen molar-refractivity contribution in [2.45, 2.75) is 18.8 Å². The Balaban J connectivity index is 1.62. The highest BCUT2D eigenvalue weighted by Gasteiger charge is 2.21. The molecule has 0 spiro atoms. The molecule has 24 heavy (non-hydrogen) atoms. The van der Waals surface area contributed by atoms with E-state index in [0.717, 1.165) is 31.7 Å². The van der Waals surface area contributed by atoms with Crippen molar-refractivity contribution in [3.8, 4) is 5.75 Å². The van der Waals surface area contributed by atoms with Gasteiger partial charge < -0.3 is 14.9 Å². The van der Waals surface area contributed by atoms with Gasteiger partial charge in [0.05, 0.1) is 5.56 Å². The number of amides is 1. The second-order valence-corrected chi connectivity index (χ2v) is 6.46. The van der Waals surface area contributed by atoms with Crippen LogP contribution in [0, 0.1) is 0 Å². The lowest BCUT2D eigenvalue weighted by Gasteiger charge is -2.33. The molecule has 1 aromatic carbocycles. The standard InChI is InChI=1S/C19H23N3O2/c1-21(2)19(24)16-5-8-18(20-13-16)22-11-9-15(10-12-22)14-3-6-17(23)7-4-14/h3-8,13,15,23H,9-12H2,1-2H3. The third kappa shape index (κ3) is 3.50. The van der Waals surface area contributed by atoms with Crippen molar-refractivity contribution in [1.82, 2.24) is 9.88 Å². The van der Waals surface area contributed by atoms with Crippen LogP contribution in [0.1, 0.15) is 34.7 Å². The molecule has 1 aliphatic rings. The minimum atomic E-state index is -0.0277. The van der Waals surface area contributed by atoms with Crippen molar-refractivity contribution < 1.29 is 9.90 Å². The number of carbonyl (C=O) groups excluding carboxylic acids is 1. The lowest BCUT2D eigenvalue weighted by molar-refractivity contribution is 0.0827. The molecule has 0 atom stereocenters. The minimum absolute atomic E-state index is 0.0277. The number of carbonyl (C=O) groups is 1. The number of anilines is 1. The van der Waals surface area contributed by atoms with Crippen LogP contribution in [0.3, 0.4) is 0 Å². The summed E-state index contributed by atoms with van der Waals surface area (Å²) >= 11 is 0. The van der Waals surface area contributed by atoms with E-state index in [-0.39, 0.29) is 5.91 Å². The maximum absolute atomic E-state index is 11.9. The number of benzene rings is 1. The van der Waals surface area contributed by atoms with Gasteiger partial charge in [0, 0.05) is 33.4 Å². The van der Waals surface area contributed by atoms with Gasteiger partial charge in [-0.25, -0.2) is 4.98 Å². The van der Waals surface area contributed by atoms with Gasteiger partial charge in [-0.15, -0.1) is 0 Å². The fraction of sp³-hybridized carbons (Fsp3) is 0.368. The number of hydrogen-bond acceptors (Lipinski definition) is 4. The molecule has 5 heteroatoms. The first-order valence-corrected chi connectivity index (χ1v) is 8.26. The van der Waals surface area contributed by atoms with Gasteiger partial charge in [0.15, 0.2) is 0 Å². The average molecular weight is 325 g/mol. The average Bonchev–Trinajstić information content (AvgIpc) is 2.62. The molecule has 2 aromatic rings. The van der Waals surface area contributed by atoms with Gasteiger partial charge in [-0.3, -0.25) is 4.79 Å². The van der Waals surface area contributed by atoms with E-state index in [4.69, 9.17) is 0 Å². The molecule has 2 heterocycles. The zero-order valence-electron chi connectivity index (χ0n) is 14.1. The number of aromatic nitrogens is 1. The highest BCUT2D eigenvalue weighted by molar-refractivity contribution is 5.93. The molecule has 0 radical (unpaired) electrons. The van der Waals surface area contributed by atoms with Crippen LogP contribution in [0.2, 0.25) is 0 Å². The molecule has 0 unspecified atom stereocenters. The van der Waals surface area contributed by atoms with E-state index >= 15 is 0 Å². The first-order chi connectivity index (χ1) is 11.5. The predicted molar refractivity (Wildman–Crippen MR) is 94.5 cm³/mol. The molecule has 1 aromatic heterocycles. The SMILES string of the molecule is CN(C)C(=O)c1ccc(N2CCC(c3ccc(O)cc3)CC2)nc1. The maximum atomic E-state index is 11.9. The fourth-order valence-electron chi connectivity index (χ4n) is 3.15. The molecule has 1 fully saturated rings. The zero-order valence-corrected chi connectivity index (χ0v) is 14.1. The molecular formula is C19H23N3O2. The van der Waals surface area contributed by atoms with E-state index in [1.165, 1.54) is 5.56 Å². The molecule has 126 valence electrons. The monoisotopic (exact) mass is 325 g/mol. The number of phenolic OH excluding ortho intramolecular Hbond substituents is 1. The van der Waals surface area contributed by atoms with Gasteiger partial charge in [0.25, 0.3) is 5.91 Å². The molecule has 0 aliphatic carbocycles. The summed E-state index contributed by atoms with van der Waals surface area (Å²) in [6.07, 6.45) is 3.78. The van der Waals surface area contributed by atoms with Crippen LogP contribution in [0.4, 0.5) is 5.82 Å². The third-order valence-corrected chi connectivity index (χ3v) is 4.58. The summed E-state index contributed by atoms with van der Waals surface area (Å²) < 4.78 is 0. The zero-order chi connectivity index (χ0) is 17.1. The Morgan fingerprint density at radius 3 is 2.33 bits per heavy atom. The normalized spacial score (nSPS) is 15.3. The predicted octanol–water partition coefficient (Wildman–Crippen LogP) is 2.87. The highest BCUT2D eigenvalue weighted by atomic mass is 16.3. The highest BCUT2D eigenvalue weighted by Crippen LogP contribution is 2.30. The summed E-state index contributed by atoms with van der Waals surface area (Å²) in [6.45, 7) is 1.89. The largest absolute Gasteiger partial charge is 0.508 e. The quantitative estimate of drug-likeness (QED) is 0.943. The van der Waals surface area contributed by atoms with E-state index in [1.54, 1.807) is 37.3 Å². The van der Waals surface area contributed by atoms with Crippen molar-refractivity contribution >= 4 is 11.7 Å². The Hall–Kier alpha value is -2.56. The van der Waals surface area contributed by atoms with Crippen LogP contribution < -0.4 is 4.90 Å². The molecule has 0 bridgehead atoms. The summed E-state index contributed by atoms with van der Waals surface area (Å²) in [5.74, 6) is 1.73. The summed E-state index contributed by atoms with van der Waals surface area (Å²) in [5, 5.41) is 9.40. The smallest absolute Gasteiger partial charge is 0.254 e. The maximum Gasteiger partial charge on any atom is 0.254 e. The Labute approximate surface area is 142 Å². The van der Waals surface area contributed by atoms with Crippen LogP contribution >= 0.6 is 0 Å². The Morgan fingerprint density at radius 2 is 1.79 bits per heavy atom. The number of pyridine rings is 1. The Bertz CT molecular complexity index is 688. The van der Waals surface area contributed by atoms with Gasteiger partial charge in [0.2, 0.25) is 0 Å². The van der Waals surface area contributed by atoms with E-state index in [0.29, 0.717) is 17.2 Å². The molecule has 1 amide bonds. The number of rotatable bonds is 3. The third-order valence-electron chi connectivity index (χ3n) is 4.58. The van der Waals surface area contributed by atoms with Gasteiger partial charge in [-0.2, -0.15) is 0 Å². The van der Waals surface area contributed by atoms with Crippen LogP contribution in [0.25, 0.3) is 0 Å². The fourth-order valence-corrected chi connectivity index (χ4v) is 3.15. The minimum Gasteiger partial charge on any atom is -0.508 e. The molecule has 1 N–H and O–H groups in total. The van der Waals surface area contributed by atoms with E-state index < -0.39 is 0 Å². The topological polar surface area (TPSA) is 56.7 Å². The summed E-state index contributed by atoms with van der Waals surface area (Å²) in [5.41, 5.74) is 1.90. The summed E-state index contributed by atoms with van der Waals surface area (Å²) in [4.78, 5) is 20.2. The van der Waals surface area contributed by atoms with Crippen molar-refractivity contribution in [3.63, 3.8) is 0 Å². The Kier molecular flexibility index (Phi) is 4.69. The molecule has 3 rings (SSSR count). The first kappa shape index (κ1) is 16.3. The summed E-state index contributed by atoms with van der Waals surface area (Å²) in [6, 6.07) is 11.3. The summed E-state index contributed by atoms with van der Waals surface area (Å²) in [7, 11) is 3.48. The van der Waals surface area contributed by atoms with Crippen LogP contribution in [-0.4, -0.2) is 48.1 Å². The lowest BCUT2D eigenvalue weighted by Crippen LogP contribution is -2.33. The lowest BCUT2D eigenvalue weighted by atomic mass is 9.89. The van der Waals surface area contributed by atoms with Crippen molar-refractivity contribution in [3.05, 3.63) is 53.7 Å². The van der Waals surface area contributed by atoms with Gasteiger partial charge >= 0.3 is 0 Å². The van der Waals surface area contributed by atoms with E-state index in [1.807, 2.05) is 24.3 Å². The molecular weight excluding hydrogens is 302 g/mol. The van der Waals surface area contributed by atoms with Gasteiger partial charge in [-0.05, 0) is 48.6 Å². The van der Waals surface area contributed by atoms with Crippen molar-refractivity contribution in [2.75, 3.05) is 32.1 Å². The van der Waals surface area contributed by atoms with E-state index in [2.05, 4.69) is 9.88 Å². The second-order valence-electron chi connectivity index (χ2n) is 6.46. The van der Waals surface area contributed by atoms with E-state index in [9.17, 15) is 9.90 Å². The van der Waals surface area contributed by atoms with Gasteiger partial charge in [-0.1, -0.05) is 12.1 Å². The van der Waals surface area contributed by atoms with Crippen molar-refractivity contribution in [2.24, 2.45) is 0 Å². The Morgan fingerprint density at radius 1 is 1.12 bits per heavy atom. The number of aromatic hydroxyl groups is 1. The second kappa shape index (κ2) is 6.91. The van der Waals surface area contributed by atoms with Crippen molar-refractivity contribution in [1.29, 1.82) is 0 Å². The molecule has 1 saturated heterocycles. The molecule has 5 nitrogen and oxygen atoms in total. The number of piperidine rings is 1. The number of nitrogens with zero attached hydrogens (tertiary/aromatic N) is 3. The number of hydrogen-bond donors (Lipinski definition) is 1. The van der Waals surface area contributed by atoms with Gasteiger partial charge in [0.1, 0.15) is 11.6 Å². The first-order valence-electron chi connectivity index (χ1n) is 8.26. The van der Waals surface area contributed by atoms with Crippen LogP contribution in [0.15, 0.2) is 42.6 Å². The van der Waals surface area contributed by atoms with Crippen LogP contribution in [-0.2, 0) is 0 Å². The molecule has 1 aliphatic heterocycles. The number of phenols is 1.